The van der Waals surface area contributed by atoms with Gasteiger partial charge in [-0.05, 0) is 18.8 Å². The average molecular weight is 341 g/mol. The standard InChI is InChI=1S/C16H25F2N5O/c1-12(2)8-22-11-16(17,18)7-13(22)9-23-10-14(19-20-23)15(24)21-5-3-4-6-21/h10,12-13H,3-9,11H2,1-2H3. The van der Waals surface area contributed by atoms with Crippen molar-refractivity contribution in [1.29, 1.82) is 0 Å². The molecule has 0 spiro atoms. The minimum atomic E-state index is -2.66. The molecule has 0 radical (unpaired) electrons. The molecular formula is C16H25F2N5O. The predicted molar refractivity (Wildman–Crippen MR) is 84.9 cm³/mol. The lowest BCUT2D eigenvalue weighted by molar-refractivity contribution is 0.0111. The SMILES string of the molecule is CC(C)CN1CC(F)(F)CC1Cn1cc(C(=O)N2CCCC2)nn1. The van der Waals surface area contributed by atoms with E-state index in [1.54, 1.807) is 11.1 Å². The van der Waals surface area contributed by atoms with Crippen LogP contribution in [0.25, 0.3) is 0 Å². The second-order valence-electron chi connectivity index (χ2n) is 7.36. The van der Waals surface area contributed by atoms with E-state index in [9.17, 15) is 13.6 Å². The Balaban J connectivity index is 1.65. The third-order valence-corrected chi connectivity index (χ3v) is 4.63. The summed E-state index contributed by atoms with van der Waals surface area (Å²) in [5, 5.41) is 7.92. The first-order valence-corrected chi connectivity index (χ1v) is 8.65. The number of hydrogen-bond acceptors (Lipinski definition) is 4. The Kier molecular flexibility index (Phi) is 4.85. The monoisotopic (exact) mass is 341 g/mol. The van der Waals surface area contributed by atoms with Crippen molar-refractivity contribution in [3.05, 3.63) is 11.9 Å². The summed E-state index contributed by atoms with van der Waals surface area (Å²) in [6.07, 6.45) is 3.45. The number of amides is 1. The van der Waals surface area contributed by atoms with E-state index in [1.165, 1.54) is 4.68 Å². The molecule has 0 N–H and O–H groups in total. The van der Waals surface area contributed by atoms with E-state index in [-0.39, 0.29) is 24.9 Å². The highest BCUT2D eigenvalue weighted by Gasteiger charge is 2.45. The van der Waals surface area contributed by atoms with Crippen LogP contribution in [0.5, 0.6) is 0 Å². The summed E-state index contributed by atoms with van der Waals surface area (Å²) in [6, 6.07) is -0.279. The Morgan fingerprint density at radius 2 is 2.08 bits per heavy atom. The molecule has 1 atom stereocenters. The van der Waals surface area contributed by atoms with Crippen LogP contribution in [0.4, 0.5) is 8.78 Å². The number of carbonyl (C=O) groups is 1. The lowest BCUT2D eigenvalue weighted by Crippen LogP contribution is -2.36. The van der Waals surface area contributed by atoms with Crippen LogP contribution in [0.3, 0.4) is 0 Å². The quantitative estimate of drug-likeness (QED) is 0.821. The zero-order valence-electron chi connectivity index (χ0n) is 14.3. The Labute approximate surface area is 140 Å². The first kappa shape index (κ1) is 17.3. The highest BCUT2D eigenvalue weighted by atomic mass is 19.3. The maximum atomic E-state index is 13.8. The summed E-state index contributed by atoms with van der Waals surface area (Å²) >= 11 is 0. The molecule has 3 heterocycles. The molecule has 1 amide bonds. The molecule has 3 rings (SSSR count). The summed E-state index contributed by atoms with van der Waals surface area (Å²) in [4.78, 5) is 15.9. The van der Waals surface area contributed by atoms with Crippen LogP contribution >= 0.6 is 0 Å². The summed E-state index contributed by atoms with van der Waals surface area (Å²) < 4.78 is 29.1. The van der Waals surface area contributed by atoms with Crippen molar-refractivity contribution in [1.82, 2.24) is 24.8 Å². The molecule has 8 heteroatoms. The molecule has 24 heavy (non-hydrogen) atoms. The summed E-state index contributed by atoms with van der Waals surface area (Å²) in [5.74, 6) is -2.45. The van der Waals surface area contributed by atoms with Gasteiger partial charge in [0, 0.05) is 32.1 Å². The number of likely N-dealkylation sites (tertiary alicyclic amines) is 2. The molecule has 1 unspecified atom stereocenters. The highest BCUT2D eigenvalue weighted by Crippen LogP contribution is 2.33. The Bertz CT molecular complexity index is 583. The fourth-order valence-corrected chi connectivity index (χ4v) is 3.61. The summed E-state index contributed by atoms with van der Waals surface area (Å²) in [6.45, 7) is 6.32. The third-order valence-electron chi connectivity index (χ3n) is 4.63. The number of alkyl halides is 2. The minimum Gasteiger partial charge on any atom is -0.337 e. The van der Waals surface area contributed by atoms with Gasteiger partial charge in [-0.1, -0.05) is 19.1 Å². The van der Waals surface area contributed by atoms with E-state index >= 15 is 0 Å². The molecule has 2 fully saturated rings. The Morgan fingerprint density at radius 3 is 2.75 bits per heavy atom. The molecule has 0 aliphatic carbocycles. The van der Waals surface area contributed by atoms with Crippen molar-refractivity contribution < 1.29 is 13.6 Å². The van der Waals surface area contributed by atoms with Crippen LogP contribution in [0.15, 0.2) is 6.20 Å². The van der Waals surface area contributed by atoms with Crippen molar-refractivity contribution >= 4 is 5.91 Å². The van der Waals surface area contributed by atoms with Gasteiger partial charge in [0.05, 0.1) is 19.3 Å². The minimum absolute atomic E-state index is 0.116. The van der Waals surface area contributed by atoms with E-state index in [0.717, 1.165) is 25.9 Å². The summed E-state index contributed by atoms with van der Waals surface area (Å²) in [7, 11) is 0. The van der Waals surface area contributed by atoms with Crippen LogP contribution in [-0.2, 0) is 6.54 Å². The van der Waals surface area contributed by atoms with E-state index in [4.69, 9.17) is 0 Å². The molecule has 2 aliphatic heterocycles. The Morgan fingerprint density at radius 1 is 1.38 bits per heavy atom. The third kappa shape index (κ3) is 3.91. The zero-order chi connectivity index (χ0) is 17.3. The molecule has 0 bridgehead atoms. The van der Waals surface area contributed by atoms with Gasteiger partial charge in [-0.25, -0.2) is 8.78 Å². The lowest BCUT2D eigenvalue weighted by atomic mass is 10.1. The molecule has 6 nitrogen and oxygen atoms in total. The molecule has 1 aromatic heterocycles. The van der Waals surface area contributed by atoms with Gasteiger partial charge in [-0.15, -0.1) is 5.10 Å². The molecule has 134 valence electrons. The normalized spacial score (nSPS) is 24.2. The van der Waals surface area contributed by atoms with E-state index in [1.807, 2.05) is 18.7 Å². The fourth-order valence-electron chi connectivity index (χ4n) is 3.61. The second-order valence-corrected chi connectivity index (χ2v) is 7.36. The van der Waals surface area contributed by atoms with Gasteiger partial charge in [0.1, 0.15) is 0 Å². The topological polar surface area (TPSA) is 54.3 Å². The van der Waals surface area contributed by atoms with E-state index < -0.39 is 5.92 Å². The largest absolute Gasteiger partial charge is 0.337 e. The van der Waals surface area contributed by atoms with Gasteiger partial charge >= 0.3 is 0 Å². The number of halogens is 2. The predicted octanol–water partition coefficient (Wildman–Crippen LogP) is 1.88. The number of aromatic nitrogens is 3. The van der Waals surface area contributed by atoms with Crippen LogP contribution in [0, 0.1) is 5.92 Å². The highest BCUT2D eigenvalue weighted by molar-refractivity contribution is 5.92. The first-order valence-electron chi connectivity index (χ1n) is 8.65. The second kappa shape index (κ2) is 6.74. The van der Waals surface area contributed by atoms with Crippen molar-refractivity contribution in [2.45, 2.75) is 51.6 Å². The maximum absolute atomic E-state index is 13.8. The maximum Gasteiger partial charge on any atom is 0.276 e. The molecule has 0 aromatic carbocycles. The van der Waals surface area contributed by atoms with Crippen molar-refractivity contribution in [2.75, 3.05) is 26.2 Å². The van der Waals surface area contributed by atoms with Crippen LogP contribution in [-0.4, -0.2) is 68.8 Å². The molecule has 2 saturated heterocycles. The van der Waals surface area contributed by atoms with Gasteiger partial charge in [-0.2, -0.15) is 0 Å². The van der Waals surface area contributed by atoms with Crippen LogP contribution in [0.1, 0.15) is 43.6 Å². The fraction of sp³-hybridized carbons (Fsp3) is 0.812. The summed E-state index contributed by atoms with van der Waals surface area (Å²) in [5.41, 5.74) is 0.303. The molecule has 0 saturated carbocycles. The number of nitrogens with zero attached hydrogens (tertiary/aromatic N) is 5. The van der Waals surface area contributed by atoms with Crippen molar-refractivity contribution in [3.8, 4) is 0 Å². The van der Waals surface area contributed by atoms with Gasteiger partial charge in [0.2, 0.25) is 0 Å². The lowest BCUT2D eigenvalue weighted by Gasteiger charge is -2.25. The molecule has 1 aromatic rings. The smallest absolute Gasteiger partial charge is 0.276 e. The first-order chi connectivity index (χ1) is 11.3. The zero-order valence-corrected chi connectivity index (χ0v) is 14.3. The van der Waals surface area contributed by atoms with Crippen LogP contribution < -0.4 is 0 Å². The van der Waals surface area contributed by atoms with E-state index in [2.05, 4.69) is 10.3 Å². The van der Waals surface area contributed by atoms with Crippen LogP contribution in [0.2, 0.25) is 0 Å². The molecule has 2 aliphatic rings. The van der Waals surface area contributed by atoms with Gasteiger partial charge in [0.15, 0.2) is 5.69 Å². The molecular weight excluding hydrogens is 316 g/mol. The number of rotatable bonds is 5. The Hall–Kier alpha value is -1.57. The number of carbonyl (C=O) groups excluding carboxylic acids is 1. The van der Waals surface area contributed by atoms with Crippen molar-refractivity contribution in [3.63, 3.8) is 0 Å². The number of hydrogen-bond donors (Lipinski definition) is 0. The van der Waals surface area contributed by atoms with Gasteiger partial charge in [-0.3, -0.25) is 14.4 Å². The van der Waals surface area contributed by atoms with Gasteiger partial charge in [0.25, 0.3) is 11.8 Å². The van der Waals surface area contributed by atoms with Gasteiger partial charge < -0.3 is 4.90 Å². The average Bonchev–Trinajstić information content (AvgIpc) is 3.19. The van der Waals surface area contributed by atoms with E-state index in [0.29, 0.717) is 24.7 Å². The van der Waals surface area contributed by atoms with Crippen molar-refractivity contribution in [2.24, 2.45) is 5.92 Å².